The maximum Gasteiger partial charge on any atom is 0.338 e. The number of carbonyl (C=O) groups excluding carboxylic acids is 2. The molecule has 0 saturated heterocycles. The first-order valence-corrected chi connectivity index (χ1v) is 10.1. The number of anilines is 2. The van der Waals surface area contributed by atoms with Crippen molar-refractivity contribution in [2.45, 2.75) is 0 Å². The lowest BCUT2D eigenvalue weighted by Gasteiger charge is -2.07. The molecule has 10 nitrogen and oxygen atoms in total. The van der Waals surface area contributed by atoms with Gasteiger partial charge in [0.05, 0.1) is 11.8 Å². The molecule has 1 heterocycles. The third-order valence-corrected chi connectivity index (χ3v) is 4.03. The molecule has 0 spiro atoms. The first-order valence-electron chi connectivity index (χ1n) is 8.24. The van der Waals surface area contributed by atoms with Crippen LogP contribution in [0.25, 0.3) is 11.5 Å². The van der Waals surface area contributed by atoms with E-state index in [-0.39, 0.29) is 23.2 Å². The standard InChI is InChI=1S/C18H16N4O6S/c1-29(25,26)22-14-9-5-8-13(10-14)17(24)27-11-15(23)19-18-21-20-16(28-18)12-6-3-2-4-7-12/h2-10,22H,11H2,1H3,(H,19,21,23). The molecular weight excluding hydrogens is 400 g/mol. The van der Waals surface area contributed by atoms with Gasteiger partial charge in [-0.15, -0.1) is 5.10 Å². The van der Waals surface area contributed by atoms with Gasteiger partial charge in [-0.25, -0.2) is 13.2 Å². The Morgan fingerprint density at radius 3 is 2.55 bits per heavy atom. The van der Waals surface area contributed by atoms with E-state index in [0.29, 0.717) is 5.56 Å². The summed E-state index contributed by atoms with van der Waals surface area (Å²) in [5.41, 5.74) is 0.968. The molecule has 2 aromatic carbocycles. The Bertz CT molecular complexity index is 1130. The van der Waals surface area contributed by atoms with Crippen LogP contribution in [0, 0.1) is 0 Å². The third-order valence-electron chi connectivity index (χ3n) is 3.43. The number of nitrogens with one attached hydrogen (secondary N) is 2. The Balaban J connectivity index is 1.55. The summed E-state index contributed by atoms with van der Waals surface area (Å²) in [4.78, 5) is 24.0. The zero-order valence-corrected chi connectivity index (χ0v) is 16.0. The van der Waals surface area contributed by atoms with Crippen LogP contribution in [-0.4, -0.2) is 43.4 Å². The fourth-order valence-electron chi connectivity index (χ4n) is 2.26. The number of rotatable bonds is 7. The minimum absolute atomic E-state index is 0.0793. The number of ether oxygens (including phenoxy) is 1. The number of hydrogen-bond acceptors (Lipinski definition) is 8. The third kappa shape index (κ3) is 5.87. The number of benzene rings is 2. The number of amides is 1. The summed E-state index contributed by atoms with van der Waals surface area (Å²) in [7, 11) is -3.49. The van der Waals surface area contributed by atoms with E-state index in [9.17, 15) is 18.0 Å². The number of aromatic nitrogens is 2. The summed E-state index contributed by atoms with van der Waals surface area (Å²) in [6.07, 6.45) is 0.989. The molecule has 2 N–H and O–H groups in total. The van der Waals surface area contributed by atoms with Crippen LogP contribution in [0.1, 0.15) is 10.4 Å². The van der Waals surface area contributed by atoms with Crippen molar-refractivity contribution in [2.24, 2.45) is 0 Å². The molecule has 0 aliphatic heterocycles. The molecule has 0 unspecified atom stereocenters. The maximum absolute atomic E-state index is 12.1. The van der Waals surface area contributed by atoms with E-state index in [1.807, 2.05) is 6.07 Å². The quantitative estimate of drug-likeness (QED) is 0.557. The van der Waals surface area contributed by atoms with Crippen LogP contribution in [0.15, 0.2) is 59.0 Å². The van der Waals surface area contributed by atoms with Gasteiger partial charge in [-0.3, -0.25) is 14.8 Å². The zero-order valence-electron chi connectivity index (χ0n) is 15.2. The van der Waals surface area contributed by atoms with Crippen molar-refractivity contribution in [1.82, 2.24) is 10.2 Å². The minimum atomic E-state index is -3.49. The van der Waals surface area contributed by atoms with E-state index in [2.05, 4.69) is 20.2 Å². The van der Waals surface area contributed by atoms with E-state index in [0.717, 1.165) is 6.26 Å². The minimum Gasteiger partial charge on any atom is -0.452 e. The average Bonchev–Trinajstić information content (AvgIpc) is 3.14. The summed E-state index contributed by atoms with van der Waals surface area (Å²) < 4.78 is 35.0. The van der Waals surface area contributed by atoms with E-state index in [1.54, 1.807) is 24.3 Å². The summed E-state index contributed by atoms with van der Waals surface area (Å²) >= 11 is 0. The highest BCUT2D eigenvalue weighted by atomic mass is 32.2. The monoisotopic (exact) mass is 416 g/mol. The molecule has 0 bridgehead atoms. The van der Waals surface area contributed by atoms with Crippen LogP contribution < -0.4 is 10.0 Å². The highest BCUT2D eigenvalue weighted by Crippen LogP contribution is 2.19. The van der Waals surface area contributed by atoms with Crippen LogP contribution in [0.4, 0.5) is 11.7 Å². The molecule has 0 aliphatic carbocycles. The fraction of sp³-hybridized carbons (Fsp3) is 0.111. The smallest absolute Gasteiger partial charge is 0.338 e. The predicted molar refractivity (Wildman–Crippen MR) is 104 cm³/mol. The molecule has 29 heavy (non-hydrogen) atoms. The Morgan fingerprint density at radius 2 is 1.83 bits per heavy atom. The van der Waals surface area contributed by atoms with Gasteiger partial charge in [0, 0.05) is 11.3 Å². The second kappa shape index (κ2) is 8.52. The lowest BCUT2D eigenvalue weighted by Crippen LogP contribution is -2.21. The Hall–Kier alpha value is -3.73. The van der Waals surface area contributed by atoms with Gasteiger partial charge in [-0.05, 0) is 30.3 Å². The van der Waals surface area contributed by atoms with Crippen molar-refractivity contribution in [3.63, 3.8) is 0 Å². The molecule has 1 amide bonds. The topological polar surface area (TPSA) is 140 Å². The normalized spacial score (nSPS) is 10.9. The zero-order chi connectivity index (χ0) is 20.9. The van der Waals surface area contributed by atoms with Gasteiger partial charge >= 0.3 is 12.0 Å². The van der Waals surface area contributed by atoms with Crippen LogP contribution in [0.5, 0.6) is 0 Å². The van der Waals surface area contributed by atoms with Crippen molar-refractivity contribution in [3.05, 3.63) is 60.2 Å². The van der Waals surface area contributed by atoms with Gasteiger partial charge in [-0.1, -0.05) is 29.4 Å². The number of nitrogens with zero attached hydrogens (tertiary/aromatic N) is 2. The number of sulfonamides is 1. The molecule has 3 rings (SSSR count). The van der Waals surface area contributed by atoms with E-state index in [1.165, 1.54) is 24.3 Å². The number of carbonyl (C=O) groups is 2. The summed E-state index contributed by atoms with van der Waals surface area (Å²) in [5, 5.41) is 9.87. The summed E-state index contributed by atoms with van der Waals surface area (Å²) in [6.45, 7) is -0.592. The van der Waals surface area contributed by atoms with Gasteiger partial charge in [0.1, 0.15) is 0 Å². The van der Waals surface area contributed by atoms with Gasteiger partial charge in [-0.2, -0.15) is 0 Å². The van der Waals surface area contributed by atoms with Crippen molar-refractivity contribution in [1.29, 1.82) is 0 Å². The van der Waals surface area contributed by atoms with E-state index >= 15 is 0 Å². The van der Waals surface area contributed by atoms with E-state index in [4.69, 9.17) is 9.15 Å². The summed E-state index contributed by atoms with van der Waals surface area (Å²) in [5.74, 6) is -1.24. The number of esters is 1. The van der Waals surface area contributed by atoms with Crippen molar-refractivity contribution < 1.29 is 27.2 Å². The molecule has 0 fully saturated rings. The largest absolute Gasteiger partial charge is 0.452 e. The lowest BCUT2D eigenvalue weighted by molar-refractivity contribution is -0.119. The van der Waals surface area contributed by atoms with Crippen LogP contribution >= 0.6 is 0 Å². The molecule has 3 aromatic rings. The van der Waals surface area contributed by atoms with Crippen LogP contribution in [-0.2, 0) is 19.6 Å². The van der Waals surface area contributed by atoms with Crippen LogP contribution in [0.3, 0.4) is 0 Å². The molecule has 0 aliphatic rings. The highest BCUT2D eigenvalue weighted by Gasteiger charge is 2.15. The molecule has 11 heteroatoms. The highest BCUT2D eigenvalue weighted by molar-refractivity contribution is 7.92. The van der Waals surface area contributed by atoms with Gasteiger partial charge in [0.15, 0.2) is 6.61 Å². The Kier molecular flexibility index (Phi) is 5.88. The predicted octanol–water partition coefficient (Wildman–Crippen LogP) is 1.90. The molecule has 0 radical (unpaired) electrons. The first kappa shape index (κ1) is 20.0. The SMILES string of the molecule is CS(=O)(=O)Nc1cccc(C(=O)OCC(=O)Nc2nnc(-c3ccccc3)o2)c1. The number of hydrogen-bond donors (Lipinski definition) is 2. The lowest BCUT2D eigenvalue weighted by atomic mass is 10.2. The Morgan fingerprint density at radius 1 is 1.07 bits per heavy atom. The van der Waals surface area contributed by atoms with Crippen LogP contribution in [0.2, 0.25) is 0 Å². The molecular formula is C18H16N4O6S. The first-order chi connectivity index (χ1) is 13.8. The van der Waals surface area contributed by atoms with Crippen molar-refractivity contribution in [2.75, 3.05) is 22.9 Å². The molecule has 0 saturated carbocycles. The Labute approximate surface area is 166 Å². The van der Waals surface area contributed by atoms with Gasteiger partial charge in [0.25, 0.3) is 5.91 Å². The summed E-state index contributed by atoms with van der Waals surface area (Å²) in [6, 6.07) is 14.5. The van der Waals surface area contributed by atoms with Crippen molar-refractivity contribution in [3.8, 4) is 11.5 Å². The maximum atomic E-state index is 12.1. The second-order valence-corrected chi connectivity index (χ2v) is 7.61. The molecule has 1 aromatic heterocycles. The molecule has 0 atom stereocenters. The van der Waals surface area contributed by atoms with E-state index < -0.39 is 28.5 Å². The van der Waals surface area contributed by atoms with Gasteiger partial charge < -0.3 is 9.15 Å². The average molecular weight is 416 g/mol. The van der Waals surface area contributed by atoms with Gasteiger partial charge in [0.2, 0.25) is 15.9 Å². The molecule has 150 valence electrons. The second-order valence-electron chi connectivity index (χ2n) is 5.86. The van der Waals surface area contributed by atoms with Crippen molar-refractivity contribution >= 4 is 33.6 Å². The fourth-order valence-corrected chi connectivity index (χ4v) is 2.82.